The predicted octanol–water partition coefficient (Wildman–Crippen LogP) is 20.7. The van der Waals surface area contributed by atoms with Gasteiger partial charge in [-0.1, -0.05) is 73.8 Å². The summed E-state index contributed by atoms with van der Waals surface area (Å²) in [7, 11) is -4.35. The lowest BCUT2D eigenvalue weighted by Crippen LogP contribution is -2.31. The summed E-state index contributed by atoms with van der Waals surface area (Å²) in [6.07, 6.45) is -0.177. The van der Waals surface area contributed by atoms with Gasteiger partial charge in [0.25, 0.3) is 11.8 Å². The highest BCUT2D eigenvalue weighted by Crippen LogP contribution is 2.37. The van der Waals surface area contributed by atoms with Crippen molar-refractivity contribution in [1.29, 1.82) is 0 Å². The topological polar surface area (TPSA) is 145 Å². The average molecular weight is 1460 g/mol. The highest BCUT2D eigenvalue weighted by atomic mass is 35.5. The molecule has 0 aromatic heterocycles. The number of benzene rings is 6. The number of nitrogens with zero attached hydrogens (tertiary/aromatic N) is 1. The first-order chi connectivity index (χ1) is 45.0. The molecule has 0 aliphatic carbocycles. The van der Waals surface area contributed by atoms with Gasteiger partial charge in [0.1, 0.15) is 17.2 Å². The van der Waals surface area contributed by atoms with Crippen molar-refractivity contribution in [2.75, 3.05) is 6.26 Å². The van der Waals surface area contributed by atoms with Gasteiger partial charge in [0.15, 0.2) is 40.5 Å². The third-order valence-corrected chi connectivity index (χ3v) is 12.0. The maximum Gasteiger partial charge on any atom is 0.306 e. The number of hydrogen-bond acceptors (Lipinski definition) is 12. The molecule has 6 aromatic carbocycles. The molecule has 0 unspecified atom stereocenters. The summed E-state index contributed by atoms with van der Waals surface area (Å²) < 4.78 is 201. The summed E-state index contributed by atoms with van der Waals surface area (Å²) >= 11 is 11.9. The molecule has 1 saturated heterocycles. The number of ether oxygens (including phenoxy) is 6. The van der Waals surface area contributed by atoms with Crippen molar-refractivity contribution in [2.24, 2.45) is 5.92 Å². The minimum absolute atomic E-state index is 0.0274. The number of amides is 2. The quantitative estimate of drug-likeness (QED) is 0.0393. The van der Waals surface area contributed by atoms with Gasteiger partial charge in [0.2, 0.25) is 46.5 Å². The van der Waals surface area contributed by atoms with E-state index >= 15 is 0 Å². The maximum absolute atomic E-state index is 13.5. The van der Waals surface area contributed by atoms with Crippen LogP contribution >= 0.6 is 23.2 Å². The van der Waals surface area contributed by atoms with E-state index in [0.717, 1.165) is 41.0 Å². The zero-order chi connectivity index (χ0) is 76.1. The molecule has 13 nitrogen and oxygen atoms in total. The molecule has 7 rings (SSSR count). The van der Waals surface area contributed by atoms with Crippen LogP contribution in [0.4, 0.5) is 48.3 Å². The minimum atomic E-state index is -4.35. The van der Waals surface area contributed by atoms with E-state index in [1.165, 1.54) is 45.7 Å². The lowest BCUT2D eigenvalue weighted by atomic mass is 10.2. The highest BCUT2D eigenvalue weighted by Gasteiger charge is 2.32. The van der Waals surface area contributed by atoms with Crippen molar-refractivity contribution in [3.05, 3.63) is 169 Å². The molecule has 0 saturated carbocycles. The normalized spacial score (nSPS) is 11.7. The van der Waals surface area contributed by atoms with E-state index in [4.69, 9.17) is 47.0 Å². The van der Waals surface area contributed by atoms with Gasteiger partial charge in [-0.2, -0.15) is 44.2 Å². The van der Waals surface area contributed by atoms with Crippen LogP contribution in [0.15, 0.2) is 66.7 Å². The number of aryl methyl sites for hydroxylation is 4. The SMILES string of the molecule is CC(C)C.CC(C)ON1C(=O)CCC1=O.CC(C)Oc1c(F)c(F)c(OS(C)(=O)=O)c(F)c1F.Cc1c(F)c(F)c(OC(C)C)c(F)c1F.Cc1cc(Cl)c(OC(C)C)cc1Cl.Cc1cc(F)c(F)c(OC(C)C)c1F.Cc1ccc(OC(C)C)cc1.Cc1cccc(OC(C)C)c1. The van der Waals surface area contributed by atoms with Crippen molar-refractivity contribution in [1.82, 2.24) is 5.06 Å². The number of carbonyl (C=O) groups is 2. The van der Waals surface area contributed by atoms with Crippen LogP contribution in [-0.2, 0) is 24.5 Å². The molecule has 0 radical (unpaired) electrons. The lowest BCUT2D eigenvalue weighted by molar-refractivity contribution is -0.198. The molecule has 2 amide bonds. The van der Waals surface area contributed by atoms with Crippen molar-refractivity contribution in [3.63, 3.8) is 0 Å². The second-order valence-electron chi connectivity index (χ2n) is 24.2. The third-order valence-electron chi connectivity index (χ3n) is 10.9. The molecule has 98 heavy (non-hydrogen) atoms. The van der Waals surface area contributed by atoms with Crippen molar-refractivity contribution in [3.8, 4) is 40.2 Å². The van der Waals surface area contributed by atoms with E-state index in [9.17, 15) is 66.3 Å². The second kappa shape index (κ2) is 43.3. The number of rotatable bonds is 16. The van der Waals surface area contributed by atoms with Crippen LogP contribution in [0, 0.1) is 105 Å². The largest absolute Gasteiger partial charge is 0.491 e. The Hall–Kier alpha value is -7.22. The summed E-state index contributed by atoms with van der Waals surface area (Å²) in [5.74, 6) is -18.5. The van der Waals surface area contributed by atoms with Gasteiger partial charge >= 0.3 is 10.1 Å². The Kier molecular flexibility index (Phi) is 40.1. The highest BCUT2D eigenvalue weighted by molar-refractivity contribution is 7.86. The van der Waals surface area contributed by atoms with Crippen LogP contribution in [-0.4, -0.2) is 74.3 Å². The van der Waals surface area contributed by atoms with Crippen molar-refractivity contribution in [2.45, 2.75) is 208 Å². The van der Waals surface area contributed by atoms with Crippen LogP contribution in [0.25, 0.3) is 0 Å². The summed E-state index contributed by atoms with van der Waals surface area (Å²) in [6, 6.07) is 20.5. The number of carbonyl (C=O) groups excluding carboxylic acids is 2. The van der Waals surface area contributed by atoms with Gasteiger partial charge in [0.05, 0.1) is 54.0 Å². The lowest BCUT2D eigenvalue weighted by Gasteiger charge is -2.15. The van der Waals surface area contributed by atoms with E-state index in [2.05, 4.69) is 66.5 Å². The second-order valence-corrected chi connectivity index (χ2v) is 26.6. The standard InChI is InChI=1S/C10H12Cl2O.C10H10F4O4S.C10H10F4O.C10H11F3O.2C10H14O.C7H11NO3.C4H10/c1-6(2)13-10-5-8(11)7(3)4-9(10)12;1-4(2)17-9-5(11)7(13)10(8(14)6(9)12)18-19(3,15)16;1-4(2)15-10-8(13)6(11)5(3)7(12)9(10)14;1-5(2)14-10-8(12)6(3)4-7(11)9(10)13;1-8(2)11-10-6-4-9(3)5-7-10;1-8(2)11-10-6-4-5-9(3)7-10;1-5(2)11-8-6(9)3-4-7(8)10;1-4(2)3/h4-6H,1-3H3;4H,1-3H3;4H,1-3H3;4-5H,1-3H3;2*4-8H,1-3H3;5H,3-4H2,1-2H3;4H,1-3H3. The van der Waals surface area contributed by atoms with Crippen molar-refractivity contribution >= 4 is 45.1 Å². The first kappa shape index (κ1) is 90.8. The number of imide groups is 1. The molecule has 0 spiro atoms. The molecule has 6 aromatic rings. The van der Waals surface area contributed by atoms with Crippen LogP contribution in [0.5, 0.6) is 40.2 Å². The maximum atomic E-state index is 13.5. The summed E-state index contributed by atoms with van der Waals surface area (Å²) in [5.41, 5.74) is 2.80. The zero-order valence-electron chi connectivity index (χ0n) is 59.6. The Labute approximate surface area is 580 Å². The van der Waals surface area contributed by atoms with Gasteiger partial charge in [-0.05, 0) is 191 Å². The number of hydroxylamine groups is 2. The predicted molar refractivity (Wildman–Crippen MR) is 360 cm³/mol. The molecule has 0 bridgehead atoms. The van der Waals surface area contributed by atoms with E-state index in [0.29, 0.717) is 22.1 Å². The molecule has 1 heterocycles. The fourth-order valence-electron chi connectivity index (χ4n) is 6.96. The van der Waals surface area contributed by atoms with Gasteiger partial charge < -0.3 is 32.6 Å². The summed E-state index contributed by atoms with van der Waals surface area (Å²) in [6.45, 7) is 39.4. The Morgan fingerprint density at radius 2 is 0.776 bits per heavy atom. The summed E-state index contributed by atoms with van der Waals surface area (Å²) in [4.78, 5) is 26.8. The Morgan fingerprint density at radius 3 is 1.15 bits per heavy atom. The monoisotopic (exact) mass is 1460 g/mol. The Morgan fingerprint density at radius 1 is 0.398 bits per heavy atom. The Balaban J connectivity index is 0.00000112. The fourth-order valence-corrected chi connectivity index (χ4v) is 7.83. The van der Waals surface area contributed by atoms with E-state index in [1.807, 2.05) is 84.9 Å². The molecule has 1 aliphatic rings. The van der Waals surface area contributed by atoms with Gasteiger partial charge in [-0.25, -0.2) is 17.6 Å². The zero-order valence-corrected chi connectivity index (χ0v) is 61.9. The molecule has 1 fully saturated rings. The van der Waals surface area contributed by atoms with Crippen LogP contribution in [0.2, 0.25) is 10.0 Å². The number of hydrogen-bond donors (Lipinski definition) is 0. The molecule has 1 aliphatic heterocycles. The van der Waals surface area contributed by atoms with Crippen LogP contribution in [0.1, 0.15) is 158 Å². The van der Waals surface area contributed by atoms with Gasteiger partial charge in [-0.3, -0.25) is 14.4 Å². The molecule has 550 valence electrons. The average Bonchev–Trinajstić information content (AvgIpc) is 1.04. The Bertz CT molecular complexity index is 3510. The first-order valence-electron chi connectivity index (χ1n) is 30.9. The molecular weight excluding hydrogens is 1370 g/mol. The van der Waals surface area contributed by atoms with Gasteiger partial charge in [0, 0.05) is 29.5 Å². The molecule has 0 N–H and O–H groups in total. The van der Waals surface area contributed by atoms with E-state index < -0.39 is 121 Å². The molecule has 27 heteroatoms. The van der Waals surface area contributed by atoms with Gasteiger partial charge in [-0.15, -0.1) is 0 Å². The first-order valence-corrected chi connectivity index (χ1v) is 33.5. The van der Waals surface area contributed by atoms with Crippen LogP contribution < -0.4 is 32.6 Å². The fraction of sp³-hybridized carbons (Fsp3) is 0.465. The van der Waals surface area contributed by atoms with E-state index in [-0.39, 0.29) is 54.6 Å². The molecular formula is C71H92Cl2F11NO12S. The minimum Gasteiger partial charge on any atom is -0.491 e. The van der Waals surface area contributed by atoms with Crippen LogP contribution in [0.3, 0.4) is 0 Å². The smallest absolute Gasteiger partial charge is 0.306 e. The number of halogens is 13. The molecule has 0 atom stereocenters. The van der Waals surface area contributed by atoms with E-state index in [1.54, 1.807) is 33.8 Å². The summed E-state index contributed by atoms with van der Waals surface area (Å²) in [5, 5.41) is 2.15. The third kappa shape index (κ3) is 33.6. The van der Waals surface area contributed by atoms with Crippen molar-refractivity contribution < 1.29 is 104 Å².